The molecule has 16 heavy (non-hydrogen) atoms. The van der Waals surface area contributed by atoms with Crippen LogP contribution in [0.4, 0.5) is 4.79 Å². The van der Waals surface area contributed by atoms with Crippen LogP contribution in [0.25, 0.3) is 0 Å². The highest BCUT2D eigenvalue weighted by atomic mass is 16.5. The molecule has 0 aromatic heterocycles. The summed E-state index contributed by atoms with van der Waals surface area (Å²) >= 11 is 0. The minimum Gasteiger partial charge on any atom is -0.372 e. The van der Waals surface area contributed by atoms with Crippen LogP contribution in [-0.4, -0.2) is 67.2 Å². The van der Waals surface area contributed by atoms with Crippen LogP contribution >= 0.6 is 0 Å². The van der Waals surface area contributed by atoms with Gasteiger partial charge in [-0.2, -0.15) is 0 Å². The van der Waals surface area contributed by atoms with Gasteiger partial charge >= 0.3 is 6.03 Å². The summed E-state index contributed by atoms with van der Waals surface area (Å²) in [7, 11) is 1.53. The van der Waals surface area contributed by atoms with E-state index in [1.165, 1.54) is 7.11 Å². The van der Waals surface area contributed by atoms with Gasteiger partial charge in [0.15, 0.2) is 0 Å². The van der Waals surface area contributed by atoms with Crippen molar-refractivity contribution in [1.29, 1.82) is 0 Å². The first-order valence-corrected chi connectivity index (χ1v) is 5.49. The van der Waals surface area contributed by atoms with Crippen molar-refractivity contribution in [3.05, 3.63) is 0 Å². The predicted molar refractivity (Wildman–Crippen MR) is 56.9 cm³/mol. The fourth-order valence-corrected chi connectivity index (χ4v) is 2.16. The number of piperazine rings is 1. The van der Waals surface area contributed by atoms with E-state index in [9.17, 15) is 9.59 Å². The Labute approximate surface area is 94.5 Å². The number of carbonyl (C=O) groups excluding carboxylic acids is 2. The average Bonchev–Trinajstić information content (AvgIpc) is 2.68. The standard InChI is InChI=1S/C10H17N3O3/c1-7(16-2)9(14)12-3-4-13-8(6-12)5-11-10(13)15/h7-8H,3-6H2,1-2H3,(H,11,15). The van der Waals surface area contributed by atoms with E-state index in [0.717, 1.165) is 0 Å². The number of nitrogens with zero attached hydrogens (tertiary/aromatic N) is 2. The SMILES string of the molecule is COC(C)C(=O)N1CCN2C(=O)NCC2C1. The summed E-state index contributed by atoms with van der Waals surface area (Å²) in [6.07, 6.45) is -0.406. The van der Waals surface area contributed by atoms with E-state index in [1.807, 2.05) is 0 Å². The van der Waals surface area contributed by atoms with Crippen LogP contribution in [0.1, 0.15) is 6.92 Å². The second-order valence-electron chi connectivity index (χ2n) is 4.20. The Morgan fingerprint density at radius 3 is 3.00 bits per heavy atom. The van der Waals surface area contributed by atoms with Gasteiger partial charge < -0.3 is 19.9 Å². The zero-order chi connectivity index (χ0) is 11.7. The van der Waals surface area contributed by atoms with Crippen molar-refractivity contribution in [3.8, 4) is 0 Å². The van der Waals surface area contributed by atoms with Gasteiger partial charge in [-0.25, -0.2) is 4.79 Å². The van der Waals surface area contributed by atoms with Gasteiger partial charge in [0.2, 0.25) is 0 Å². The van der Waals surface area contributed by atoms with Crippen LogP contribution in [0.2, 0.25) is 0 Å². The summed E-state index contributed by atoms with van der Waals surface area (Å²) in [5, 5.41) is 2.78. The van der Waals surface area contributed by atoms with E-state index in [1.54, 1.807) is 16.7 Å². The quantitative estimate of drug-likeness (QED) is 0.675. The molecule has 0 bridgehead atoms. The van der Waals surface area contributed by atoms with Crippen LogP contribution in [0.5, 0.6) is 0 Å². The number of rotatable bonds is 2. The Hall–Kier alpha value is -1.30. The lowest BCUT2D eigenvalue weighted by atomic mass is 10.2. The lowest BCUT2D eigenvalue weighted by Gasteiger charge is -2.37. The summed E-state index contributed by atoms with van der Waals surface area (Å²) in [5.41, 5.74) is 0. The van der Waals surface area contributed by atoms with E-state index >= 15 is 0 Å². The Morgan fingerprint density at radius 2 is 2.31 bits per heavy atom. The number of hydrogen-bond acceptors (Lipinski definition) is 3. The molecule has 2 saturated heterocycles. The second kappa shape index (κ2) is 4.29. The molecule has 0 aromatic carbocycles. The first kappa shape index (κ1) is 11.2. The third kappa shape index (κ3) is 1.84. The molecule has 0 aromatic rings. The number of ether oxygens (including phenoxy) is 1. The van der Waals surface area contributed by atoms with Crippen molar-refractivity contribution in [3.63, 3.8) is 0 Å². The summed E-state index contributed by atoms with van der Waals surface area (Å²) in [4.78, 5) is 26.8. The Bertz CT molecular complexity index is 308. The fraction of sp³-hybridized carbons (Fsp3) is 0.800. The number of amides is 3. The molecule has 2 aliphatic rings. The first-order valence-electron chi connectivity index (χ1n) is 5.49. The van der Waals surface area contributed by atoms with Crippen molar-refractivity contribution < 1.29 is 14.3 Å². The monoisotopic (exact) mass is 227 g/mol. The van der Waals surface area contributed by atoms with E-state index in [0.29, 0.717) is 26.2 Å². The molecule has 0 spiro atoms. The Balaban J connectivity index is 1.96. The summed E-state index contributed by atoms with van der Waals surface area (Å²) in [5.74, 6) is 0.00139. The molecule has 1 N–H and O–H groups in total. The van der Waals surface area contributed by atoms with Gasteiger partial charge in [0.25, 0.3) is 5.91 Å². The van der Waals surface area contributed by atoms with Crippen LogP contribution in [0.3, 0.4) is 0 Å². The highest BCUT2D eigenvalue weighted by molar-refractivity contribution is 5.82. The van der Waals surface area contributed by atoms with Crippen LogP contribution in [0, 0.1) is 0 Å². The zero-order valence-corrected chi connectivity index (χ0v) is 9.60. The van der Waals surface area contributed by atoms with Crippen LogP contribution in [-0.2, 0) is 9.53 Å². The van der Waals surface area contributed by atoms with Crippen molar-refractivity contribution in [2.75, 3.05) is 33.3 Å². The largest absolute Gasteiger partial charge is 0.372 e. The maximum absolute atomic E-state index is 11.9. The Morgan fingerprint density at radius 1 is 1.56 bits per heavy atom. The summed E-state index contributed by atoms with van der Waals surface area (Å²) < 4.78 is 5.01. The number of hydrogen-bond donors (Lipinski definition) is 1. The molecule has 2 aliphatic heterocycles. The van der Waals surface area contributed by atoms with E-state index in [-0.39, 0.29) is 18.0 Å². The fourth-order valence-electron chi connectivity index (χ4n) is 2.16. The van der Waals surface area contributed by atoms with Gasteiger partial charge in [0, 0.05) is 33.3 Å². The minimum atomic E-state index is -0.406. The van der Waals surface area contributed by atoms with Crippen LogP contribution < -0.4 is 5.32 Å². The molecule has 6 heteroatoms. The van der Waals surface area contributed by atoms with Crippen LogP contribution in [0.15, 0.2) is 0 Å². The van der Waals surface area contributed by atoms with E-state index in [4.69, 9.17) is 4.74 Å². The lowest BCUT2D eigenvalue weighted by molar-refractivity contribution is -0.143. The molecule has 2 fully saturated rings. The number of nitrogens with one attached hydrogen (secondary N) is 1. The minimum absolute atomic E-state index is 0.00139. The molecular weight excluding hydrogens is 210 g/mol. The van der Waals surface area contributed by atoms with Crippen molar-refractivity contribution in [2.24, 2.45) is 0 Å². The van der Waals surface area contributed by atoms with Gasteiger partial charge in [0.05, 0.1) is 6.04 Å². The highest BCUT2D eigenvalue weighted by Gasteiger charge is 2.37. The topological polar surface area (TPSA) is 61.9 Å². The number of carbonyl (C=O) groups is 2. The molecule has 2 rings (SSSR count). The maximum Gasteiger partial charge on any atom is 0.317 e. The predicted octanol–water partition coefficient (Wildman–Crippen LogP) is -0.743. The normalized spacial score (nSPS) is 26.4. The van der Waals surface area contributed by atoms with Crippen molar-refractivity contribution in [1.82, 2.24) is 15.1 Å². The molecule has 2 unspecified atom stereocenters. The average molecular weight is 227 g/mol. The molecule has 0 aliphatic carbocycles. The number of urea groups is 1. The molecule has 0 radical (unpaired) electrons. The number of methoxy groups -OCH3 is 1. The van der Waals surface area contributed by atoms with E-state index in [2.05, 4.69) is 5.32 Å². The van der Waals surface area contributed by atoms with Gasteiger partial charge in [-0.3, -0.25) is 4.79 Å². The molecule has 3 amide bonds. The second-order valence-corrected chi connectivity index (χ2v) is 4.20. The molecule has 2 heterocycles. The zero-order valence-electron chi connectivity index (χ0n) is 9.60. The summed E-state index contributed by atoms with van der Waals surface area (Å²) in [6.45, 7) is 4.18. The van der Waals surface area contributed by atoms with E-state index < -0.39 is 6.10 Å². The maximum atomic E-state index is 11.9. The summed E-state index contributed by atoms with van der Waals surface area (Å²) in [6, 6.07) is 0.103. The Kier molecular flexibility index (Phi) is 3.00. The lowest BCUT2D eigenvalue weighted by Crippen LogP contribution is -2.55. The third-order valence-electron chi connectivity index (χ3n) is 3.25. The van der Waals surface area contributed by atoms with Crippen molar-refractivity contribution >= 4 is 11.9 Å². The molecule has 2 atom stereocenters. The molecule has 90 valence electrons. The van der Waals surface area contributed by atoms with Gasteiger partial charge in [-0.1, -0.05) is 0 Å². The number of fused-ring (bicyclic) bond motifs is 1. The smallest absolute Gasteiger partial charge is 0.317 e. The molecule has 6 nitrogen and oxygen atoms in total. The highest BCUT2D eigenvalue weighted by Crippen LogP contribution is 2.15. The first-order chi connectivity index (χ1) is 7.63. The molecule has 0 saturated carbocycles. The van der Waals surface area contributed by atoms with Gasteiger partial charge in [-0.05, 0) is 6.92 Å². The third-order valence-corrected chi connectivity index (χ3v) is 3.25. The molecular formula is C10H17N3O3. The van der Waals surface area contributed by atoms with Gasteiger partial charge in [0.1, 0.15) is 6.10 Å². The van der Waals surface area contributed by atoms with Gasteiger partial charge in [-0.15, -0.1) is 0 Å². The van der Waals surface area contributed by atoms with Crippen molar-refractivity contribution in [2.45, 2.75) is 19.1 Å².